The van der Waals surface area contributed by atoms with E-state index in [4.69, 9.17) is 4.52 Å². The van der Waals surface area contributed by atoms with E-state index < -0.39 is 0 Å². The summed E-state index contributed by atoms with van der Waals surface area (Å²) < 4.78 is 5.19. The Morgan fingerprint density at radius 3 is 2.82 bits per heavy atom. The quantitative estimate of drug-likeness (QED) is 0.876. The van der Waals surface area contributed by atoms with Crippen LogP contribution in [0.1, 0.15) is 11.4 Å². The number of hydrogen-bond donors (Lipinski definition) is 1. The fourth-order valence-electron chi connectivity index (χ4n) is 1.57. The third-order valence-corrected chi connectivity index (χ3v) is 2.46. The maximum atomic E-state index is 9.62. The lowest BCUT2D eigenvalue weighted by Gasteiger charge is -2.03. The fraction of sp³-hybridized carbons (Fsp3) is 0.333. The van der Waals surface area contributed by atoms with E-state index in [0.717, 1.165) is 11.1 Å². The van der Waals surface area contributed by atoms with Crippen molar-refractivity contribution >= 4 is 0 Å². The number of benzene rings is 1. The molecule has 0 saturated heterocycles. The first kappa shape index (κ1) is 11.6. The van der Waals surface area contributed by atoms with Crippen LogP contribution in [0.5, 0.6) is 5.75 Å². The van der Waals surface area contributed by atoms with Gasteiger partial charge in [-0.15, -0.1) is 0 Å². The summed E-state index contributed by atoms with van der Waals surface area (Å²) in [5.74, 6) is 1.30. The van der Waals surface area contributed by atoms with E-state index >= 15 is 0 Å². The average Bonchev–Trinajstić information content (AvgIpc) is 2.69. The smallest absolute Gasteiger partial charge is 0.258 e. The zero-order chi connectivity index (χ0) is 12.4. The molecule has 0 bridgehead atoms. The molecular weight excluding hydrogens is 218 g/mol. The van der Waals surface area contributed by atoms with E-state index in [1.165, 1.54) is 0 Å². The van der Waals surface area contributed by atoms with Crippen LogP contribution in [-0.4, -0.2) is 34.2 Å². The minimum atomic E-state index is 0.231. The van der Waals surface area contributed by atoms with Gasteiger partial charge in [0.1, 0.15) is 5.75 Å². The van der Waals surface area contributed by atoms with Gasteiger partial charge in [0.05, 0.1) is 6.54 Å². The van der Waals surface area contributed by atoms with Crippen LogP contribution in [0.2, 0.25) is 0 Å². The highest BCUT2D eigenvalue weighted by Gasteiger charge is 2.13. The number of aromatic hydroxyl groups is 1. The Morgan fingerprint density at radius 2 is 2.12 bits per heavy atom. The topological polar surface area (TPSA) is 62.4 Å². The van der Waals surface area contributed by atoms with Crippen LogP contribution in [0, 0.1) is 6.92 Å². The molecule has 0 amide bonds. The second-order valence-corrected chi connectivity index (χ2v) is 4.20. The van der Waals surface area contributed by atoms with Crippen LogP contribution in [-0.2, 0) is 6.54 Å². The summed E-state index contributed by atoms with van der Waals surface area (Å²) in [6, 6.07) is 5.24. The predicted octanol–water partition coefficient (Wildman–Crippen LogP) is 1.81. The maximum Gasteiger partial charge on any atom is 0.258 e. The fourth-order valence-corrected chi connectivity index (χ4v) is 1.57. The standard InChI is InChI=1S/C12H15N3O2/c1-8-9(5-4-6-10(8)16)12-13-11(14-17-12)7-15(2)3/h4-6,16H,7H2,1-3H3. The molecule has 0 spiro atoms. The van der Waals surface area contributed by atoms with Gasteiger partial charge in [-0.25, -0.2) is 0 Å². The third kappa shape index (κ3) is 2.45. The van der Waals surface area contributed by atoms with Crippen LogP contribution >= 0.6 is 0 Å². The van der Waals surface area contributed by atoms with Gasteiger partial charge in [0, 0.05) is 11.1 Å². The van der Waals surface area contributed by atoms with E-state index in [-0.39, 0.29) is 5.75 Å². The Hall–Kier alpha value is -1.88. The highest BCUT2D eigenvalue weighted by molar-refractivity contribution is 5.61. The van der Waals surface area contributed by atoms with Gasteiger partial charge in [-0.1, -0.05) is 11.2 Å². The molecule has 1 heterocycles. The predicted molar refractivity (Wildman–Crippen MR) is 63.5 cm³/mol. The Bertz CT molecular complexity index is 520. The van der Waals surface area contributed by atoms with E-state index in [9.17, 15) is 5.11 Å². The van der Waals surface area contributed by atoms with Gasteiger partial charge in [0.15, 0.2) is 5.82 Å². The van der Waals surface area contributed by atoms with Crippen molar-refractivity contribution in [3.05, 3.63) is 29.6 Å². The van der Waals surface area contributed by atoms with Gasteiger partial charge in [-0.2, -0.15) is 4.98 Å². The van der Waals surface area contributed by atoms with Crippen LogP contribution in [0.15, 0.2) is 22.7 Å². The first-order valence-electron chi connectivity index (χ1n) is 5.34. The van der Waals surface area contributed by atoms with E-state index in [2.05, 4.69) is 10.1 Å². The summed E-state index contributed by atoms with van der Waals surface area (Å²) in [5.41, 5.74) is 1.51. The van der Waals surface area contributed by atoms with Gasteiger partial charge in [0.25, 0.3) is 5.89 Å². The summed E-state index contributed by atoms with van der Waals surface area (Å²) in [4.78, 5) is 6.25. The van der Waals surface area contributed by atoms with Crippen LogP contribution < -0.4 is 0 Å². The van der Waals surface area contributed by atoms with Crippen molar-refractivity contribution in [2.75, 3.05) is 14.1 Å². The minimum Gasteiger partial charge on any atom is -0.508 e. The van der Waals surface area contributed by atoms with Crippen molar-refractivity contribution in [1.82, 2.24) is 15.0 Å². The SMILES string of the molecule is Cc1c(O)cccc1-c1nc(CN(C)C)no1. The molecule has 2 aromatic rings. The molecule has 0 aliphatic rings. The van der Waals surface area contributed by atoms with Crippen molar-refractivity contribution in [1.29, 1.82) is 0 Å². The van der Waals surface area contributed by atoms with Crippen LogP contribution in [0.25, 0.3) is 11.5 Å². The number of phenols is 1. The van der Waals surface area contributed by atoms with Crippen molar-refractivity contribution in [3.63, 3.8) is 0 Å². The largest absolute Gasteiger partial charge is 0.508 e. The average molecular weight is 233 g/mol. The lowest BCUT2D eigenvalue weighted by atomic mass is 10.1. The highest BCUT2D eigenvalue weighted by atomic mass is 16.5. The molecule has 0 aliphatic heterocycles. The molecule has 0 aliphatic carbocycles. The Labute approximate surface area is 99.7 Å². The van der Waals surface area contributed by atoms with Crippen molar-refractivity contribution in [2.45, 2.75) is 13.5 Å². The van der Waals surface area contributed by atoms with E-state index in [0.29, 0.717) is 18.3 Å². The monoisotopic (exact) mass is 233 g/mol. The summed E-state index contributed by atoms with van der Waals surface area (Å²) in [6.45, 7) is 2.45. The Morgan fingerprint density at radius 1 is 1.35 bits per heavy atom. The molecule has 0 unspecified atom stereocenters. The Kier molecular flexibility index (Phi) is 3.10. The zero-order valence-electron chi connectivity index (χ0n) is 10.1. The zero-order valence-corrected chi connectivity index (χ0v) is 10.1. The summed E-state index contributed by atoms with van der Waals surface area (Å²) in [6.07, 6.45) is 0. The normalized spacial score (nSPS) is 11.1. The number of phenolic OH excluding ortho intramolecular Hbond substituents is 1. The van der Waals surface area contributed by atoms with Gasteiger partial charge in [-0.3, -0.25) is 0 Å². The first-order valence-corrected chi connectivity index (χ1v) is 5.34. The van der Waals surface area contributed by atoms with Crippen LogP contribution in [0.3, 0.4) is 0 Å². The molecule has 5 heteroatoms. The van der Waals surface area contributed by atoms with Gasteiger partial charge >= 0.3 is 0 Å². The molecule has 2 rings (SSSR count). The summed E-state index contributed by atoms with van der Waals surface area (Å²) >= 11 is 0. The first-order chi connectivity index (χ1) is 8.08. The van der Waals surface area contributed by atoms with Gasteiger partial charge in [-0.05, 0) is 33.2 Å². The van der Waals surface area contributed by atoms with Crippen molar-refractivity contribution in [3.8, 4) is 17.2 Å². The number of hydrogen-bond acceptors (Lipinski definition) is 5. The number of aromatic nitrogens is 2. The molecule has 5 nitrogen and oxygen atoms in total. The second-order valence-electron chi connectivity index (χ2n) is 4.20. The third-order valence-electron chi connectivity index (χ3n) is 2.46. The van der Waals surface area contributed by atoms with E-state index in [1.807, 2.05) is 32.0 Å². The molecular formula is C12H15N3O2. The van der Waals surface area contributed by atoms with Crippen LogP contribution in [0.4, 0.5) is 0 Å². The second kappa shape index (κ2) is 4.55. The molecule has 0 fully saturated rings. The molecule has 17 heavy (non-hydrogen) atoms. The lowest BCUT2D eigenvalue weighted by Crippen LogP contribution is -2.11. The number of nitrogens with zero attached hydrogens (tertiary/aromatic N) is 3. The van der Waals surface area contributed by atoms with Gasteiger partial charge < -0.3 is 14.5 Å². The van der Waals surface area contributed by atoms with Crippen molar-refractivity contribution < 1.29 is 9.63 Å². The van der Waals surface area contributed by atoms with E-state index in [1.54, 1.807) is 12.1 Å². The van der Waals surface area contributed by atoms with Gasteiger partial charge in [0.2, 0.25) is 0 Å². The molecule has 1 aromatic heterocycles. The highest BCUT2D eigenvalue weighted by Crippen LogP contribution is 2.27. The maximum absolute atomic E-state index is 9.62. The molecule has 90 valence electrons. The lowest BCUT2D eigenvalue weighted by molar-refractivity contribution is 0.365. The number of rotatable bonds is 3. The Balaban J connectivity index is 2.34. The molecule has 1 aromatic carbocycles. The summed E-state index contributed by atoms with van der Waals surface area (Å²) in [7, 11) is 3.88. The minimum absolute atomic E-state index is 0.231. The molecule has 0 radical (unpaired) electrons. The molecule has 0 atom stereocenters. The summed E-state index contributed by atoms with van der Waals surface area (Å²) in [5, 5.41) is 13.5. The molecule has 1 N–H and O–H groups in total. The molecule has 0 saturated carbocycles. The van der Waals surface area contributed by atoms with Crippen molar-refractivity contribution in [2.24, 2.45) is 0 Å².